The van der Waals surface area contributed by atoms with Gasteiger partial charge in [-0.3, -0.25) is 4.79 Å². The molecule has 1 atom stereocenters. The van der Waals surface area contributed by atoms with Crippen LogP contribution < -0.4 is 5.32 Å². The molecule has 2 rings (SSSR count). The Hall–Kier alpha value is -2.39. The summed E-state index contributed by atoms with van der Waals surface area (Å²) in [7, 11) is 0. The van der Waals surface area contributed by atoms with E-state index in [4.69, 9.17) is 0 Å². The van der Waals surface area contributed by atoms with E-state index in [9.17, 15) is 9.90 Å². The van der Waals surface area contributed by atoms with E-state index in [0.29, 0.717) is 6.42 Å². The number of hydrogen-bond donors (Lipinski definition) is 2. The highest BCUT2D eigenvalue weighted by atomic mass is 16.3. The number of rotatable bonds is 8. The van der Waals surface area contributed by atoms with Gasteiger partial charge in [0.05, 0.1) is 5.60 Å². The lowest BCUT2D eigenvalue weighted by molar-refractivity contribution is -0.119. The number of aliphatic hydroxyl groups is 1. The molecule has 0 aliphatic carbocycles. The third-order valence-corrected chi connectivity index (χ3v) is 3.84. The summed E-state index contributed by atoms with van der Waals surface area (Å²) in [6.07, 6.45) is 2.99. The Balaban J connectivity index is 1.86. The lowest BCUT2D eigenvalue weighted by atomic mass is 9.91. The normalized spacial score (nSPS) is 14.0. The summed E-state index contributed by atoms with van der Waals surface area (Å²) < 4.78 is 0. The minimum atomic E-state index is -1.00. The molecule has 3 nitrogen and oxygen atoms in total. The number of nitrogens with one attached hydrogen (secondary N) is 1. The molecule has 2 N–H and O–H groups in total. The largest absolute Gasteiger partial charge is 0.390 e. The van der Waals surface area contributed by atoms with Gasteiger partial charge in [0.2, 0.25) is 0 Å². The standard InChI is InChI=1S/C21H25NO2/c1-17(22-19-11-7-4-8-12-19)15-20(23)16-21(2,24)14-13-18-9-5-3-6-10-18/h3-12,15,22,24H,13-14,16H2,1-2H3/b17-15-. The Kier molecular flexibility index (Phi) is 6.33. The van der Waals surface area contributed by atoms with Gasteiger partial charge in [0.1, 0.15) is 0 Å². The lowest BCUT2D eigenvalue weighted by Crippen LogP contribution is -2.28. The Morgan fingerprint density at radius 3 is 2.29 bits per heavy atom. The van der Waals surface area contributed by atoms with Gasteiger partial charge in [0.15, 0.2) is 5.78 Å². The molecule has 24 heavy (non-hydrogen) atoms. The van der Waals surface area contributed by atoms with Gasteiger partial charge in [0.25, 0.3) is 0 Å². The molecule has 0 saturated heterocycles. The minimum absolute atomic E-state index is 0.0750. The molecular weight excluding hydrogens is 298 g/mol. The average molecular weight is 323 g/mol. The van der Waals surface area contributed by atoms with Gasteiger partial charge in [-0.1, -0.05) is 48.5 Å². The van der Waals surface area contributed by atoms with E-state index in [2.05, 4.69) is 5.32 Å². The maximum Gasteiger partial charge on any atom is 0.160 e. The van der Waals surface area contributed by atoms with E-state index < -0.39 is 5.60 Å². The second kappa shape index (κ2) is 8.46. The van der Waals surface area contributed by atoms with Crippen molar-refractivity contribution in [1.82, 2.24) is 0 Å². The zero-order valence-electron chi connectivity index (χ0n) is 14.3. The summed E-state index contributed by atoms with van der Waals surface area (Å²) in [6.45, 7) is 3.57. The molecule has 0 spiro atoms. The summed E-state index contributed by atoms with van der Waals surface area (Å²) >= 11 is 0. The SMILES string of the molecule is C/C(=C/C(=O)CC(C)(O)CCc1ccccc1)Nc1ccccc1. The molecule has 0 aliphatic rings. The quantitative estimate of drug-likeness (QED) is 0.710. The summed E-state index contributed by atoms with van der Waals surface area (Å²) in [4.78, 5) is 12.2. The van der Waals surface area contributed by atoms with E-state index >= 15 is 0 Å². The highest BCUT2D eigenvalue weighted by molar-refractivity contribution is 5.91. The number of benzene rings is 2. The maximum atomic E-state index is 12.2. The van der Waals surface area contributed by atoms with E-state index in [1.165, 1.54) is 5.56 Å². The van der Waals surface area contributed by atoms with Gasteiger partial charge in [-0.05, 0) is 44.4 Å². The van der Waals surface area contributed by atoms with Crippen LogP contribution in [0.4, 0.5) is 5.69 Å². The molecule has 0 radical (unpaired) electrons. The fraction of sp³-hybridized carbons (Fsp3) is 0.286. The summed E-state index contributed by atoms with van der Waals surface area (Å²) in [5.74, 6) is -0.0750. The fourth-order valence-electron chi connectivity index (χ4n) is 2.60. The Morgan fingerprint density at radius 2 is 1.67 bits per heavy atom. The Labute approximate surface area is 144 Å². The molecule has 0 aromatic heterocycles. The van der Waals surface area contributed by atoms with Crippen molar-refractivity contribution in [1.29, 1.82) is 0 Å². The number of hydrogen-bond acceptors (Lipinski definition) is 3. The van der Waals surface area contributed by atoms with Crippen LogP contribution in [-0.4, -0.2) is 16.5 Å². The van der Waals surface area contributed by atoms with Crippen LogP contribution in [0.25, 0.3) is 0 Å². The zero-order valence-corrected chi connectivity index (χ0v) is 14.3. The van der Waals surface area contributed by atoms with Crippen LogP contribution in [0.15, 0.2) is 72.4 Å². The van der Waals surface area contributed by atoms with Crippen LogP contribution in [0.3, 0.4) is 0 Å². The van der Waals surface area contributed by atoms with Crippen LogP contribution in [0, 0.1) is 0 Å². The van der Waals surface area contributed by atoms with E-state index in [-0.39, 0.29) is 12.2 Å². The first-order valence-electron chi connectivity index (χ1n) is 8.24. The molecule has 2 aromatic carbocycles. The molecule has 0 fully saturated rings. The second-order valence-electron chi connectivity index (χ2n) is 6.44. The van der Waals surface area contributed by atoms with Crippen LogP contribution in [0.5, 0.6) is 0 Å². The van der Waals surface area contributed by atoms with Crippen LogP contribution in [-0.2, 0) is 11.2 Å². The number of carbonyl (C=O) groups excluding carboxylic acids is 1. The number of anilines is 1. The van der Waals surface area contributed by atoms with Crippen molar-refractivity contribution in [2.75, 3.05) is 5.32 Å². The monoisotopic (exact) mass is 323 g/mol. The third-order valence-electron chi connectivity index (χ3n) is 3.84. The third kappa shape index (κ3) is 6.39. The molecule has 0 aliphatic heterocycles. The lowest BCUT2D eigenvalue weighted by Gasteiger charge is -2.22. The predicted octanol–water partition coefficient (Wildman–Crippen LogP) is 4.35. The van der Waals surface area contributed by atoms with E-state index in [0.717, 1.165) is 17.8 Å². The number of aryl methyl sites for hydroxylation is 1. The molecule has 0 bridgehead atoms. The van der Waals surface area contributed by atoms with Crippen molar-refractivity contribution in [3.63, 3.8) is 0 Å². The summed E-state index contributed by atoms with van der Waals surface area (Å²) in [6, 6.07) is 19.7. The second-order valence-corrected chi connectivity index (χ2v) is 6.44. The van der Waals surface area contributed by atoms with Crippen molar-refractivity contribution < 1.29 is 9.90 Å². The smallest absolute Gasteiger partial charge is 0.160 e. The van der Waals surface area contributed by atoms with Gasteiger partial charge in [-0.2, -0.15) is 0 Å². The van der Waals surface area contributed by atoms with Crippen LogP contribution in [0.1, 0.15) is 32.3 Å². The van der Waals surface area contributed by atoms with Crippen molar-refractivity contribution in [2.45, 2.75) is 38.7 Å². The molecule has 1 unspecified atom stereocenters. The number of carbonyl (C=O) groups is 1. The number of para-hydroxylation sites is 1. The molecule has 3 heteroatoms. The first-order chi connectivity index (χ1) is 11.4. The zero-order chi connectivity index (χ0) is 17.4. The molecule has 0 heterocycles. The van der Waals surface area contributed by atoms with Crippen molar-refractivity contribution in [2.24, 2.45) is 0 Å². The Bertz CT molecular complexity index is 675. The van der Waals surface area contributed by atoms with Gasteiger partial charge in [-0.25, -0.2) is 0 Å². The van der Waals surface area contributed by atoms with Gasteiger partial charge in [0, 0.05) is 23.9 Å². The molecule has 126 valence electrons. The predicted molar refractivity (Wildman–Crippen MR) is 98.8 cm³/mol. The summed E-state index contributed by atoms with van der Waals surface area (Å²) in [5.41, 5.74) is 1.87. The van der Waals surface area contributed by atoms with Crippen molar-refractivity contribution in [3.8, 4) is 0 Å². The van der Waals surface area contributed by atoms with Crippen molar-refractivity contribution >= 4 is 11.5 Å². The molecular formula is C21H25NO2. The van der Waals surface area contributed by atoms with Crippen LogP contribution in [0.2, 0.25) is 0 Å². The van der Waals surface area contributed by atoms with E-state index in [1.54, 1.807) is 13.0 Å². The maximum absolute atomic E-state index is 12.2. The molecule has 0 amide bonds. The topological polar surface area (TPSA) is 49.3 Å². The summed E-state index contributed by atoms with van der Waals surface area (Å²) in [5, 5.41) is 13.7. The van der Waals surface area contributed by atoms with Gasteiger partial charge < -0.3 is 10.4 Å². The minimum Gasteiger partial charge on any atom is -0.390 e. The highest BCUT2D eigenvalue weighted by Crippen LogP contribution is 2.19. The van der Waals surface area contributed by atoms with Gasteiger partial charge in [-0.15, -0.1) is 0 Å². The highest BCUT2D eigenvalue weighted by Gasteiger charge is 2.23. The molecule has 2 aromatic rings. The van der Waals surface area contributed by atoms with E-state index in [1.807, 2.05) is 67.6 Å². The van der Waals surface area contributed by atoms with Gasteiger partial charge >= 0.3 is 0 Å². The number of ketones is 1. The average Bonchev–Trinajstić information content (AvgIpc) is 2.54. The first kappa shape index (κ1) is 18.0. The Morgan fingerprint density at radius 1 is 1.08 bits per heavy atom. The van der Waals surface area contributed by atoms with Crippen LogP contribution >= 0.6 is 0 Å². The fourth-order valence-corrected chi connectivity index (χ4v) is 2.60. The number of allylic oxidation sites excluding steroid dienone is 2. The van der Waals surface area contributed by atoms with Crippen molar-refractivity contribution in [3.05, 3.63) is 78.0 Å². The molecule has 0 saturated carbocycles. The first-order valence-corrected chi connectivity index (χ1v) is 8.24.